The smallest absolute Gasteiger partial charge is 0.337 e. The lowest BCUT2D eigenvalue weighted by Crippen LogP contribution is -2.06. The van der Waals surface area contributed by atoms with E-state index in [1.165, 1.54) is 25.3 Å². The van der Waals surface area contributed by atoms with Crippen molar-refractivity contribution in [2.75, 3.05) is 19.5 Å². The average Bonchev–Trinajstić information content (AvgIpc) is 2.93. The molecule has 0 fully saturated rings. The van der Waals surface area contributed by atoms with E-state index >= 15 is 0 Å². The Kier molecular flexibility index (Phi) is 5.18. The van der Waals surface area contributed by atoms with E-state index < -0.39 is 11.8 Å². The summed E-state index contributed by atoms with van der Waals surface area (Å²) in [7, 11) is 2.84. The van der Waals surface area contributed by atoms with Gasteiger partial charge >= 0.3 is 5.97 Å². The van der Waals surface area contributed by atoms with E-state index in [1.807, 2.05) is 0 Å². The average molecular weight is 311 g/mol. The molecule has 112 valence electrons. The Morgan fingerprint density at radius 2 is 2.24 bits per heavy atom. The molecule has 0 unspecified atom stereocenters. The normalized spacial score (nSPS) is 10.4. The van der Waals surface area contributed by atoms with Crippen LogP contribution in [-0.2, 0) is 22.6 Å². The van der Waals surface area contributed by atoms with Crippen molar-refractivity contribution in [3.63, 3.8) is 0 Å². The molecule has 0 amide bonds. The third kappa shape index (κ3) is 3.96. The van der Waals surface area contributed by atoms with Gasteiger partial charge in [-0.3, -0.25) is 0 Å². The number of methoxy groups -OCH3 is 2. The second kappa shape index (κ2) is 7.09. The molecule has 1 aromatic heterocycles. The summed E-state index contributed by atoms with van der Waals surface area (Å²) in [6.07, 6.45) is 0. The molecule has 0 spiro atoms. The van der Waals surface area contributed by atoms with Crippen molar-refractivity contribution in [2.45, 2.75) is 13.2 Å². The number of nitrogens with one attached hydrogen (secondary N) is 1. The highest BCUT2D eigenvalue weighted by Gasteiger charge is 2.10. The van der Waals surface area contributed by atoms with Crippen LogP contribution in [0.2, 0.25) is 0 Å². The molecule has 0 saturated heterocycles. The molecule has 0 bridgehead atoms. The highest BCUT2D eigenvalue weighted by molar-refractivity contribution is 7.09. The predicted octanol–water partition coefficient (Wildman–Crippen LogP) is 2.22. The number of ether oxygens (including phenoxy) is 2. The lowest BCUT2D eigenvalue weighted by molar-refractivity contribution is 0.0600. The molecule has 21 heavy (non-hydrogen) atoms. The standard InChI is InChI=1S/C13H14FN3O3S/c1-19-7-11-16-13(21-17-11)15-6-9-5-8(12(18)20-2)3-4-10(9)14/h3-5H,6-7H2,1-2H3,(H,15,16,17). The maximum absolute atomic E-state index is 13.7. The quantitative estimate of drug-likeness (QED) is 0.825. The Hall–Kier alpha value is -2.06. The Morgan fingerprint density at radius 1 is 1.43 bits per heavy atom. The number of hydrogen-bond donors (Lipinski definition) is 1. The zero-order valence-electron chi connectivity index (χ0n) is 11.6. The predicted molar refractivity (Wildman–Crippen MR) is 75.7 cm³/mol. The van der Waals surface area contributed by atoms with Crippen molar-refractivity contribution in [3.05, 3.63) is 41.0 Å². The number of rotatable bonds is 6. The van der Waals surface area contributed by atoms with Crippen LogP contribution in [0.3, 0.4) is 0 Å². The third-order valence-electron chi connectivity index (χ3n) is 2.64. The minimum Gasteiger partial charge on any atom is -0.465 e. The number of esters is 1. The van der Waals surface area contributed by atoms with Gasteiger partial charge in [-0.15, -0.1) is 0 Å². The number of halogens is 1. The minimum atomic E-state index is -0.505. The number of aromatic nitrogens is 2. The third-order valence-corrected chi connectivity index (χ3v) is 3.35. The molecule has 1 N–H and O–H groups in total. The largest absolute Gasteiger partial charge is 0.465 e. The second-order valence-electron chi connectivity index (χ2n) is 4.10. The Morgan fingerprint density at radius 3 is 2.95 bits per heavy atom. The van der Waals surface area contributed by atoms with Crippen molar-refractivity contribution in [1.82, 2.24) is 9.36 Å². The number of carbonyl (C=O) groups is 1. The lowest BCUT2D eigenvalue weighted by Gasteiger charge is -2.06. The molecular formula is C13H14FN3O3S. The molecule has 0 aliphatic rings. The molecule has 1 aromatic carbocycles. The van der Waals surface area contributed by atoms with Crippen LogP contribution in [0.4, 0.5) is 9.52 Å². The van der Waals surface area contributed by atoms with Gasteiger partial charge in [0, 0.05) is 30.8 Å². The fourth-order valence-electron chi connectivity index (χ4n) is 1.64. The molecular weight excluding hydrogens is 297 g/mol. The first-order valence-electron chi connectivity index (χ1n) is 6.06. The summed E-state index contributed by atoms with van der Waals surface area (Å²) in [6, 6.07) is 4.07. The summed E-state index contributed by atoms with van der Waals surface area (Å²) >= 11 is 1.16. The molecule has 1 heterocycles. The number of hydrogen-bond acceptors (Lipinski definition) is 7. The van der Waals surface area contributed by atoms with Gasteiger partial charge in [-0.2, -0.15) is 4.37 Å². The van der Waals surface area contributed by atoms with E-state index in [0.717, 1.165) is 11.5 Å². The molecule has 0 atom stereocenters. The first-order valence-corrected chi connectivity index (χ1v) is 6.83. The van der Waals surface area contributed by atoms with Gasteiger partial charge in [-0.05, 0) is 18.2 Å². The van der Waals surface area contributed by atoms with Crippen LogP contribution in [0.5, 0.6) is 0 Å². The van der Waals surface area contributed by atoms with Gasteiger partial charge in [0.2, 0.25) is 5.13 Å². The summed E-state index contributed by atoms with van der Waals surface area (Å²) in [5.41, 5.74) is 0.648. The minimum absolute atomic E-state index is 0.193. The zero-order chi connectivity index (χ0) is 15.2. The number of carbonyl (C=O) groups excluding carboxylic acids is 1. The molecule has 8 heteroatoms. The molecule has 2 aromatic rings. The molecule has 0 radical (unpaired) electrons. The molecule has 6 nitrogen and oxygen atoms in total. The monoisotopic (exact) mass is 311 g/mol. The van der Waals surface area contributed by atoms with Gasteiger partial charge in [0.25, 0.3) is 0 Å². The maximum Gasteiger partial charge on any atom is 0.337 e. The van der Waals surface area contributed by atoms with Gasteiger partial charge in [0.15, 0.2) is 5.82 Å². The molecule has 0 saturated carbocycles. The van der Waals surface area contributed by atoms with Crippen molar-refractivity contribution >= 4 is 22.6 Å². The van der Waals surface area contributed by atoms with E-state index in [4.69, 9.17) is 4.74 Å². The summed E-state index contributed by atoms with van der Waals surface area (Å²) in [4.78, 5) is 15.6. The second-order valence-corrected chi connectivity index (χ2v) is 4.85. The van der Waals surface area contributed by atoms with Gasteiger partial charge in [0.1, 0.15) is 12.4 Å². The van der Waals surface area contributed by atoms with E-state index in [1.54, 1.807) is 7.11 Å². The first kappa shape index (κ1) is 15.3. The highest BCUT2D eigenvalue weighted by Crippen LogP contribution is 2.16. The lowest BCUT2D eigenvalue weighted by atomic mass is 10.1. The van der Waals surface area contributed by atoms with Crippen molar-refractivity contribution in [3.8, 4) is 0 Å². The van der Waals surface area contributed by atoms with Crippen LogP contribution >= 0.6 is 11.5 Å². The molecule has 0 aliphatic heterocycles. The van der Waals surface area contributed by atoms with Crippen molar-refractivity contribution in [1.29, 1.82) is 0 Å². The fourth-order valence-corrected chi connectivity index (χ4v) is 2.21. The first-order chi connectivity index (χ1) is 10.1. The van der Waals surface area contributed by atoms with Crippen molar-refractivity contribution < 1.29 is 18.7 Å². The Bertz CT molecular complexity index is 633. The fraction of sp³-hybridized carbons (Fsp3) is 0.308. The number of nitrogens with zero attached hydrogens (tertiary/aromatic N) is 2. The van der Waals surface area contributed by atoms with E-state index in [9.17, 15) is 9.18 Å². The molecule has 2 rings (SSSR count). The van der Waals surface area contributed by atoms with Gasteiger partial charge in [-0.1, -0.05) is 0 Å². The van der Waals surface area contributed by atoms with Crippen LogP contribution in [-0.4, -0.2) is 29.5 Å². The van der Waals surface area contributed by atoms with Crippen LogP contribution < -0.4 is 5.32 Å². The van der Waals surface area contributed by atoms with Crippen molar-refractivity contribution in [2.24, 2.45) is 0 Å². The Balaban J connectivity index is 2.06. The van der Waals surface area contributed by atoms with Gasteiger partial charge < -0.3 is 14.8 Å². The summed E-state index contributed by atoms with van der Waals surface area (Å²) < 4.78 is 27.3. The van der Waals surface area contributed by atoms with E-state index in [0.29, 0.717) is 28.7 Å². The summed E-state index contributed by atoms with van der Waals surface area (Å²) in [5, 5.41) is 3.52. The van der Waals surface area contributed by atoms with Gasteiger partial charge in [-0.25, -0.2) is 14.2 Å². The van der Waals surface area contributed by atoms with Crippen LogP contribution in [0, 0.1) is 5.82 Å². The topological polar surface area (TPSA) is 73.3 Å². The maximum atomic E-state index is 13.7. The number of benzene rings is 1. The van der Waals surface area contributed by atoms with E-state index in [-0.39, 0.29) is 6.54 Å². The Labute approximate surface area is 125 Å². The SMILES string of the molecule is COCc1nsc(NCc2cc(C(=O)OC)ccc2F)n1. The van der Waals surface area contributed by atoms with Crippen LogP contribution in [0.15, 0.2) is 18.2 Å². The summed E-state index contributed by atoms with van der Waals surface area (Å²) in [5.74, 6) is -0.347. The zero-order valence-corrected chi connectivity index (χ0v) is 12.4. The highest BCUT2D eigenvalue weighted by atomic mass is 32.1. The summed E-state index contributed by atoms with van der Waals surface area (Å²) in [6.45, 7) is 0.517. The van der Waals surface area contributed by atoms with E-state index in [2.05, 4.69) is 19.4 Å². The van der Waals surface area contributed by atoms with Gasteiger partial charge in [0.05, 0.1) is 12.7 Å². The molecule has 0 aliphatic carbocycles. The van der Waals surface area contributed by atoms with Crippen LogP contribution in [0.1, 0.15) is 21.7 Å². The van der Waals surface area contributed by atoms with Crippen LogP contribution in [0.25, 0.3) is 0 Å². The number of anilines is 1.